The third kappa shape index (κ3) is 3.83. The molecule has 5 nitrogen and oxygen atoms in total. The fraction of sp³-hybridized carbons (Fsp3) is 0.423. The zero-order chi connectivity index (χ0) is 22.1. The van der Waals surface area contributed by atoms with Crippen molar-refractivity contribution < 1.29 is 14.3 Å². The summed E-state index contributed by atoms with van der Waals surface area (Å²) in [7, 11) is 1.71. The summed E-state index contributed by atoms with van der Waals surface area (Å²) in [6, 6.07) is 17.1. The van der Waals surface area contributed by atoms with Gasteiger partial charge in [0.05, 0.1) is 25.7 Å². The number of rotatable bonds is 6. The standard InChI is InChI=1S/C26H29ClN2O3/c1-31-16-18-14-21-20-4-2-3-5-22(20)28-26(21)25(24(18)23(30)15-27)17-6-8-19(9-7-17)29-10-12-32-13-11-29/h2-9,18,24-25,28H,10-16H2,1H3/t18-,24?,25-/m1/s1. The number of halogens is 1. The molecule has 1 aliphatic heterocycles. The minimum absolute atomic E-state index is 0.0167. The second-order valence-corrected chi connectivity index (χ2v) is 9.04. The van der Waals surface area contributed by atoms with Gasteiger partial charge in [-0.15, -0.1) is 11.6 Å². The van der Waals surface area contributed by atoms with Crippen LogP contribution in [0.25, 0.3) is 10.9 Å². The predicted molar refractivity (Wildman–Crippen MR) is 128 cm³/mol. The van der Waals surface area contributed by atoms with Gasteiger partial charge in [-0.2, -0.15) is 0 Å². The molecule has 168 valence electrons. The Hall–Kier alpha value is -2.34. The van der Waals surface area contributed by atoms with E-state index >= 15 is 0 Å². The number of nitrogens with zero attached hydrogens (tertiary/aromatic N) is 1. The summed E-state index contributed by atoms with van der Waals surface area (Å²) < 4.78 is 11.1. The van der Waals surface area contributed by atoms with Crippen LogP contribution in [0.3, 0.4) is 0 Å². The van der Waals surface area contributed by atoms with Crippen LogP contribution in [0.4, 0.5) is 5.69 Å². The number of hydrogen-bond acceptors (Lipinski definition) is 4. The Labute approximate surface area is 193 Å². The molecule has 1 aromatic heterocycles. The highest BCUT2D eigenvalue weighted by Gasteiger charge is 2.43. The molecule has 1 saturated heterocycles. The summed E-state index contributed by atoms with van der Waals surface area (Å²) >= 11 is 6.12. The van der Waals surface area contributed by atoms with E-state index in [1.807, 2.05) is 6.07 Å². The summed E-state index contributed by atoms with van der Waals surface area (Å²) in [6.07, 6.45) is 0.808. The first-order valence-electron chi connectivity index (χ1n) is 11.3. The van der Waals surface area contributed by atoms with Crippen molar-refractivity contribution in [1.29, 1.82) is 0 Å². The van der Waals surface area contributed by atoms with E-state index in [1.54, 1.807) is 7.11 Å². The number of aromatic nitrogens is 1. The molecule has 2 aromatic carbocycles. The highest BCUT2D eigenvalue weighted by Crippen LogP contribution is 2.46. The highest BCUT2D eigenvalue weighted by molar-refractivity contribution is 6.28. The topological polar surface area (TPSA) is 54.6 Å². The van der Waals surface area contributed by atoms with Crippen molar-refractivity contribution in [2.75, 3.05) is 50.8 Å². The predicted octanol–water partition coefficient (Wildman–Crippen LogP) is 4.38. The van der Waals surface area contributed by atoms with E-state index in [0.29, 0.717) is 6.61 Å². The first-order valence-corrected chi connectivity index (χ1v) is 11.8. The molecule has 1 fully saturated rings. The van der Waals surface area contributed by atoms with E-state index in [2.05, 4.69) is 52.3 Å². The van der Waals surface area contributed by atoms with Gasteiger partial charge < -0.3 is 19.4 Å². The first kappa shape index (κ1) is 21.5. The second kappa shape index (κ2) is 9.26. The number of carbonyl (C=O) groups excluding carboxylic acids is 1. The zero-order valence-corrected chi connectivity index (χ0v) is 19.1. The normalized spacial score (nSPS) is 23.3. The number of morpholine rings is 1. The SMILES string of the molecule is COC[C@H]1Cc2c([nH]c3ccccc23)[C@H](c2ccc(N3CCOCC3)cc2)C1C(=O)CCl. The van der Waals surface area contributed by atoms with Crippen LogP contribution in [0.5, 0.6) is 0 Å². The molecule has 2 heterocycles. The van der Waals surface area contributed by atoms with E-state index < -0.39 is 0 Å². The lowest BCUT2D eigenvalue weighted by Crippen LogP contribution is -2.39. The lowest BCUT2D eigenvalue weighted by atomic mass is 9.67. The maximum atomic E-state index is 13.2. The van der Waals surface area contributed by atoms with Crippen LogP contribution in [0.15, 0.2) is 48.5 Å². The Morgan fingerprint density at radius 2 is 1.91 bits per heavy atom. The summed E-state index contributed by atoms with van der Waals surface area (Å²) in [4.78, 5) is 19.1. The van der Waals surface area contributed by atoms with Crippen molar-refractivity contribution in [2.45, 2.75) is 12.3 Å². The van der Waals surface area contributed by atoms with Gasteiger partial charge in [0, 0.05) is 54.3 Å². The molecule has 2 aliphatic rings. The van der Waals surface area contributed by atoms with Crippen LogP contribution < -0.4 is 4.90 Å². The smallest absolute Gasteiger partial charge is 0.152 e. The fourth-order valence-electron chi connectivity index (χ4n) is 5.55. The summed E-state index contributed by atoms with van der Waals surface area (Å²) in [5.41, 5.74) is 5.88. The zero-order valence-electron chi connectivity index (χ0n) is 18.4. The van der Waals surface area contributed by atoms with Crippen molar-refractivity contribution in [3.63, 3.8) is 0 Å². The number of aromatic amines is 1. The molecule has 6 heteroatoms. The quantitative estimate of drug-likeness (QED) is 0.564. The van der Waals surface area contributed by atoms with Crippen LogP contribution in [0.2, 0.25) is 0 Å². The van der Waals surface area contributed by atoms with E-state index in [0.717, 1.165) is 49.5 Å². The molecule has 0 spiro atoms. The first-order chi connectivity index (χ1) is 15.7. The average Bonchev–Trinajstić information content (AvgIpc) is 3.22. The molecule has 3 aromatic rings. The maximum absolute atomic E-state index is 13.2. The largest absolute Gasteiger partial charge is 0.384 e. The Kier molecular flexibility index (Phi) is 6.22. The van der Waals surface area contributed by atoms with Crippen molar-refractivity contribution in [2.24, 2.45) is 11.8 Å². The Bertz CT molecular complexity index is 1090. The third-order valence-electron chi connectivity index (χ3n) is 7.00. The number of H-pyrrole nitrogens is 1. The van der Waals surface area contributed by atoms with E-state index in [1.165, 1.54) is 16.6 Å². The molecular formula is C26H29ClN2O3. The van der Waals surface area contributed by atoms with Crippen LogP contribution in [-0.2, 0) is 20.7 Å². The number of alkyl halides is 1. The van der Waals surface area contributed by atoms with Crippen molar-refractivity contribution in [1.82, 2.24) is 4.98 Å². The van der Waals surface area contributed by atoms with Gasteiger partial charge in [0.25, 0.3) is 0 Å². The number of Topliss-reactive ketones (excluding diaryl/α,β-unsaturated/α-hetero) is 1. The van der Waals surface area contributed by atoms with Crippen molar-refractivity contribution >= 4 is 34.0 Å². The van der Waals surface area contributed by atoms with E-state index in [9.17, 15) is 4.79 Å². The van der Waals surface area contributed by atoms with Gasteiger partial charge in [0.15, 0.2) is 5.78 Å². The molecule has 1 unspecified atom stereocenters. The van der Waals surface area contributed by atoms with E-state index in [-0.39, 0.29) is 29.4 Å². The molecule has 1 aliphatic carbocycles. The number of para-hydroxylation sites is 1. The second-order valence-electron chi connectivity index (χ2n) is 8.78. The fourth-order valence-corrected chi connectivity index (χ4v) is 5.73. The van der Waals surface area contributed by atoms with Crippen LogP contribution in [0.1, 0.15) is 22.7 Å². The molecule has 0 amide bonds. The van der Waals surface area contributed by atoms with Gasteiger partial charge >= 0.3 is 0 Å². The third-order valence-corrected chi connectivity index (χ3v) is 7.27. The Morgan fingerprint density at radius 3 is 2.62 bits per heavy atom. The number of nitrogens with one attached hydrogen (secondary N) is 1. The van der Waals surface area contributed by atoms with Gasteiger partial charge in [0.2, 0.25) is 0 Å². The number of ketones is 1. The molecule has 1 N–H and O–H groups in total. The minimum Gasteiger partial charge on any atom is -0.384 e. The number of fused-ring (bicyclic) bond motifs is 3. The summed E-state index contributed by atoms with van der Waals surface area (Å²) in [5.74, 6) is -0.108. The number of methoxy groups -OCH3 is 1. The molecule has 0 bridgehead atoms. The lowest BCUT2D eigenvalue weighted by Gasteiger charge is -2.37. The molecule has 32 heavy (non-hydrogen) atoms. The monoisotopic (exact) mass is 452 g/mol. The maximum Gasteiger partial charge on any atom is 0.152 e. The number of benzene rings is 2. The number of carbonyl (C=O) groups is 1. The summed E-state index contributed by atoms with van der Waals surface area (Å²) in [5, 5.41) is 1.23. The van der Waals surface area contributed by atoms with E-state index in [4.69, 9.17) is 21.1 Å². The molecular weight excluding hydrogens is 424 g/mol. The Morgan fingerprint density at radius 1 is 1.16 bits per heavy atom. The number of hydrogen-bond donors (Lipinski definition) is 1. The van der Waals surface area contributed by atoms with Gasteiger partial charge in [-0.3, -0.25) is 4.79 Å². The highest BCUT2D eigenvalue weighted by atomic mass is 35.5. The van der Waals surface area contributed by atoms with Crippen molar-refractivity contribution in [3.8, 4) is 0 Å². The minimum atomic E-state index is -0.220. The van der Waals surface area contributed by atoms with Gasteiger partial charge in [-0.05, 0) is 41.7 Å². The molecule has 0 radical (unpaired) electrons. The number of ether oxygens (including phenoxy) is 2. The number of anilines is 1. The lowest BCUT2D eigenvalue weighted by molar-refractivity contribution is -0.123. The van der Waals surface area contributed by atoms with Gasteiger partial charge in [-0.25, -0.2) is 0 Å². The van der Waals surface area contributed by atoms with Crippen LogP contribution in [0, 0.1) is 11.8 Å². The molecule has 0 saturated carbocycles. The van der Waals surface area contributed by atoms with Gasteiger partial charge in [0.1, 0.15) is 0 Å². The van der Waals surface area contributed by atoms with Crippen molar-refractivity contribution in [3.05, 3.63) is 65.4 Å². The molecule has 3 atom stereocenters. The van der Waals surface area contributed by atoms with Gasteiger partial charge in [-0.1, -0.05) is 30.3 Å². The van der Waals surface area contributed by atoms with Crippen LogP contribution >= 0.6 is 11.6 Å². The van der Waals surface area contributed by atoms with Crippen LogP contribution in [-0.4, -0.2) is 56.7 Å². The Balaban J connectivity index is 1.60. The summed E-state index contributed by atoms with van der Waals surface area (Å²) in [6.45, 7) is 3.85. The average molecular weight is 453 g/mol. The molecule has 5 rings (SSSR count).